The molecule has 0 saturated heterocycles. The molecule has 0 spiro atoms. The average Bonchev–Trinajstić information content (AvgIpc) is 2.78. The van der Waals surface area contributed by atoms with Gasteiger partial charge in [-0.3, -0.25) is 10.1 Å². The van der Waals surface area contributed by atoms with Crippen LogP contribution in [0.2, 0.25) is 0 Å². The molecule has 0 fully saturated rings. The number of nitro groups is 1. The second-order valence-electron chi connectivity index (χ2n) is 4.05. The van der Waals surface area contributed by atoms with Crippen LogP contribution in [0.15, 0.2) is 30.4 Å². The summed E-state index contributed by atoms with van der Waals surface area (Å²) in [6.07, 6.45) is 5.97. The van der Waals surface area contributed by atoms with Crippen LogP contribution in [0.3, 0.4) is 0 Å². The molecule has 0 saturated carbocycles. The first-order valence-corrected chi connectivity index (χ1v) is 5.48. The van der Waals surface area contributed by atoms with Crippen molar-refractivity contribution in [2.45, 2.75) is 25.4 Å². The molecule has 0 heterocycles. The first kappa shape index (κ1) is 11.7. The first-order chi connectivity index (χ1) is 8.16. The van der Waals surface area contributed by atoms with Crippen molar-refractivity contribution in [2.24, 2.45) is 0 Å². The SMILES string of the molecule is O=[N+]([O-])c1ccc(F)cc1CNC1CC=CC1. The Balaban J connectivity index is 2.07. The lowest BCUT2D eigenvalue weighted by Gasteiger charge is -2.11. The van der Waals surface area contributed by atoms with E-state index in [2.05, 4.69) is 17.5 Å². The van der Waals surface area contributed by atoms with Crippen LogP contribution in [-0.4, -0.2) is 11.0 Å². The lowest BCUT2D eigenvalue weighted by atomic mass is 10.1. The van der Waals surface area contributed by atoms with Crippen molar-refractivity contribution in [2.75, 3.05) is 0 Å². The molecule has 1 aromatic rings. The Morgan fingerprint density at radius 1 is 1.41 bits per heavy atom. The van der Waals surface area contributed by atoms with Crippen molar-refractivity contribution in [1.29, 1.82) is 0 Å². The van der Waals surface area contributed by atoms with Gasteiger partial charge in [0.05, 0.1) is 4.92 Å². The third-order valence-corrected chi connectivity index (χ3v) is 2.83. The van der Waals surface area contributed by atoms with Gasteiger partial charge in [0.2, 0.25) is 0 Å². The molecule has 1 aromatic carbocycles. The van der Waals surface area contributed by atoms with Crippen LogP contribution in [0, 0.1) is 15.9 Å². The van der Waals surface area contributed by atoms with Gasteiger partial charge in [0.1, 0.15) is 5.82 Å². The van der Waals surface area contributed by atoms with Crippen LogP contribution < -0.4 is 5.32 Å². The summed E-state index contributed by atoms with van der Waals surface area (Å²) in [5.74, 6) is -0.447. The van der Waals surface area contributed by atoms with E-state index < -0.39 is 10.7 Å². The van der Waals surface area contributed by atoms with Crippen LogP contribution in [0.25, 0.3) is 0 Å². The second kappa shape index (κ2) is 5.05. The number of nitrogens with one attached hydrogen (secondary N) is 1. The number of hydrogen-bond acceptors (Lipinski definition) is 3. The van der Waals surface area contributed by atoms with Gasteiger partial charge in [0, 0.05) is 24.2 Å². The Hall–Kier alpha value is -1.75. The van der Waals surface area contributed by atoms with Crippen molar-refractivity contribution < 1.29 is 9.31 Å². The Labute approximate surface area is 98.3 Å². The highest BCUT2D eigenvalue weighted by molar-refractivity contribution is 5.40. The minimum atomic E-state index is -0.483. The van der Waals surface area contributed by atoms with Crippen molar-refractivity contribution in [3.05, 3.63) is 51.8 Å². The zero-order valence-electron chi connectivity index (χ0n) is 9.23. The summed E-state index contributed by atoms with van der Waals surface area (Å²) in [5, 5.41) is 14.0. The summed E-state index contributed by atoms with van der Waals surface area (Å²) in [7, 11) is 0. The minimum absolute atomic E-state index is 0.0372. The van der Waals surface area contributed by atoms with Gasteiger partial charge in [-0.05, 0) is 25.0 Å². The second-order valence-corrected chi connectivity index (χ2v) is 4.05. The topological polar surface area (TPSA) is 55.2 Å². The van der Waals surface area contributed by atoms with E-state index in [4.69, 9.17) is 0 Å². The molecular formula is C12H13FN2O2. The minimum Gasteiger partial charge on any atom is -0.309 e. The zero-order valence-corrected chi connectivity index (χ0v) is 9.23. The van der Waals surface area contributed by atoms with Crippen molar-refractivity contribution in [3.63, 3.8) is 0 Å². The largest absolute Gasteiger partial charge is 0.309 e. The van der Waals surface area contributed by atoms with Crippen LogP contribution in [-0.2, 0) is 6.54 Å². The fourth-order valence-corrected chi connectivity index (χ4v) is 1.91. The summed E-state index contributed by atoms with van der Waals surface area (Å²) in [6, 6.07) is 3.84. The van der Waals surface area contributed by atoms with E-state index in [9.17, 15) is 14.5 Å². The Kier molecular flexibility index (Phi) is 3.49. The number of hydrogen-bond donors (Lipinski definition) is 1. The van der Waals surface area contributed by atoms with Crippen LogP contribution in [0.4, 0.5) is 10.1 Å². The molecule has 0 aromatic heterocycles. The lowest BCUT2D eigenvalue weighted by Crippen LogP contribution is -2.26. The Morgan fingerprint density at radius 3 is 2.76 bits per heavy atom. The van der Waals surface area contributed by atoms with Crippen LogP contribution in [0.5, 0.6) is 0 Å². The number of halogens is 1. The summed E-state index contributed by atoms with van der Waals surface area (Å²) in [6.45, 7) is 0.320. The highest BCUT2D eigenvalue weighted by Crippen LogP contribution is 2.20. The molecule has 0 bridgehead atoms. The molecule has 17 heavy (non-hydrogen) atoms. The van der Waals surface area contributed by atoms with E-state index in [1.807, 2.05) is 0 Å². The molecule has 1 aliphatic carbocycles. The first-order valence-electron chi connectivity index (χ1n) is 5.48. The smallest absolute Gasteiger partial charge is 0.274 e. The highest BCUT2D eigenvalue weighted by Gasteiger charge is 2.16. The van der Waals surface area contributed by atoms with Crippen molar-refractivity contribution in [3.8, 4) is 0 Å². The van der Waals surface area contributed by atoms with E-state index in [-0.39, 0.29) is 5.69 Å². The highest BCUT2D eigenvalue weighted by atomic mass is 19.1. The van der Waals surface area contributed by atoms with Crippen LogP contribution >= 0.6 is 0 Å². The van der Waals surface area contributed by atoms with Gasteiger partial charge in [-0.1, -0.05) is 12.2 Å². The van der Waals surface area contributed by atoms with Gasteiger partial charge < -0.3 is 5.32 Å². The summed E-state index contributed by atoms with van der Waals surface area (Å²) in [4.78, 5) is 10.3. The van der Waals surface area contributed by atoms with Gasteiger partial charge in [0.25, 0.3) is 5.69 Å². The summed E-state index contributed by atoms with van der Waals surface area (Å²) in [5.41, 5.74) is 0.353. The maximum absolute atomic E-state index is 13.0. The number of rotatable bonds is 4. The molecule has 4 nitrogen and oxygen atoms in total. The number of nitrogens with zero attached hydrogens (tertiary/aromatic N) is 1. The molecular weight excluding hydrogens is 223 g/mol. The Morgan fingerprint density at radius 2 is 2.12 bits per heavy atom. The molecule has 0 atom stereocenters. The fraction of sp³-hybridized carbons (Fsp3) is 0.333. The Bertz CT molecular complexity index is 452. The molecule has 0 radical (unpaired) electrons. The van der Waals surface area contributed by atoms with Crippen molar-refractivity contribution >= 4 is 5.69 Å². The molecule has 1 N–H and O–H groups in total. The average molecular weight is 236 g/mol. The molecule has 0 amide bonds. The zero-order chi connectivity index (χ0) is 12.3. The molecule has 90 valence electrons. The predicted molar refractivity (Wildman–Crippen MR) is 62.1 cm³/mol. The van der Waals surface area contributed by atoms with E-state index in [0.29, 0.717) is 18.2 Å². The van der Waals surface area contributed by atoms with Gasteiger partial charge in [-0.2, -0.15) is 0 Å². The molecule has 0 unspecified atom stereocenters. The molecule has 5 heteroatoms. The monoisotopic (exact) mass is 236 g/mol. The van der Waals surface area contributed by atoms with E-state index in [1.54, 1.807) is 0 Å². The van der Waals surface area contributed by atoms with Gasteiger partial charge in [-0.25, -0.2) is 4.39 Å². The maximum Gasteiger partial charge on any atom is 0.274 e. The lowest BCUT2D eigenvalue weighted by molar-refractivity contribution is -0.385. The third-order valence-electron chi connectivity index (χ3n) is 2.83. The standard InChI is InChI=1S/C12H13FN2O2/c13-10-5-6-12(15(16)17)9(7-10)8-14-11-3-1-2-4-11/h1-2,5-7,11,14H,3-4,8H2. The number of nitro benzene ring substituents is 1. The van der Waals surface area contributed by atoms with Gasteiger partial charge in [0.15, 0.2) is 0 Å². The molecule has 1 aliphatic rings. The normalized spacial score (nSPS) is 15.4. The molecule has 0 aliphatic heterocycles. The van der Waals surface area contributed by atoms with E-state index in [0.717, 1.165) is 18.9 Å². The number of benzene rings is 1. The van der Waals surface area contributed by atoms with E-state index >= 15 is 0 Å². The maximum atomic E-state index is 13.0. The van der Waals surface area contributed by atoms with Crippen LogP contribution in [0.1, 0.15) is 18.4 Å². The van der Waals surface area contributed by atoms with Crippen molar-refractivity contribution in [1.82, 2.24) is 5.32 Å². The van der Waals surface area contributed by atoms with Gasteiger partial charge in [-0.15, -0.1) is 0 Å². The van der Waals surface area contributed by atoms with Gasteiger partial charge >= 0.3 is 0 Å². The van der Waals surface area contributed by atoms with E-state index in [1.165, 1.54) is 12.1 Å². The quantitative estimate of drug-likeness (QED) is 0.496. The third kappa shape index (κ3) is 2.88. The summed E-state index contributed by atoms with van der Waals surface area (Å²) < 4.78 is 13.0. The summed E-state index contributed by atoms with van der Waals surface area (Å²) >= 11 is 0. The fourth-order valence-electron chi connectivity index (χ4n) is 1.91. The molecule has 2 rings (SSSR count). The predicted octanol–water partition coefficient (Wildman–Crippen LogP) is 2.54.